The number of carbonyl (C=O) groups excluding carboxylic acids is 1. The van der Waals surface area contributed by atoms with Gasteiger partial charge in [-0.05, 0) is 25.0 Å². The van der Waals surface area contributed by atoms with E-state index in [1.54, 1.807) is 11.9 Å². The molecule has 0 radical (unpaired) electrons. The fourth-order valence-corrected chi connectivity index (χ4v) is 2.48. The Balaban J connectivity index is 2.11. The minimum Gasteiger partial charge on any atom is -0.291 e. The molecule has 1 aromatic heterocycles. The molecular formula is C14H16N2OS. The Morgan fingerprint density at radius 2 is 2.06 bits per heavy atom. The zero-order valence-corrected chi connectivity index (χ0v) is 11.6. The van der Waals surface area contributed by atoms with E-state index in [1.165, 1.54) is 11.3 Å². The number of carbonyl (C=O) groups is 1. The summed E-state index contributed by atoms with van der Waals surface area (Å²) in [6, 6.07) is 7.96. The van der Waals surface area contributed by atoms with Crippen LogP contribution in [0.3, 0.4) is 0 Å². The molecule has 0 atom stereocenters. The normalized spacial score (nSPS) is 10.4. The van der Waals surface area contributed by atoms with E-state index < -0.39 is 0 Å². The number of rotatable bonds is 3. The minimum atomic E-state index is 0.0682. The third kappa shape index (κ3) is 2.76. The van der Waals surface area contributed by atoms with E-state index in [4.69, 9.17) is 0 Å². The van der Waals surface area contributed by atoms with Crippen LogP contribution in [-0.2, 0) is 11.2 Å². The second-order valence-corrected chi connectivity index (χ2v) is 5.16. The molecule has 0 bridgehead atoms. The van der Waals surface area contributed by atoms with Crippen molar-refractivity contribution in [2.24, 2.45) is 0 Å². The number of benzene rings is 1. The maximum Gasteiger partial charge on any atom is 0.232 e. The fraction of sp³-hybridized carbons (Fsp3) is 0.286. The highest BCUT2D eigenvalue weighted by Crippen LogP contribution is 2.20. The summed E-state index contributed by atoms with van der Waals surface area (Å²) in [7, 11) is 1.78. The van der Waals surface area contributed by atoms with Gasteiger partial charge in [0.25, 0.3) is 0 Å². The highest BCUT2D eigenvalue weighted by atomic mass is 32.1. The van der Waals surface area contributed by atoms with Crippen molar-refractivity contribution in [1.29, 1.82) is 0 Å². The Morgan fingerprint density at radius 3 is 2.67 bits per heavy atom. The third-order valence-corrected chi connectivity index (χ3v) is 3.91. The van der Waals surface area contributed by atoms with E-state index in [0.29, 0.717) is 6.42 Å². The molecule has 0 N–H and O–H groups in total. The van der Waals surface area contributed by atoms with Gasteiger partial charge in [-0.25, -0.2) is 4.98 Å². The number of aryl methyl sites for hydroxylation is 2. The predicted molar refractivity (Wildman–Crippen MR) is 75.1 cm³/mol. The van der Waals surface area contributed by atoms with Crippen LogP contribution in [0, 0.1) is 13.8 Å². The van der Waals surface area contributed by atoms with Gasteiger partial charge in [-0.3, -0.25) is 9.69 Å². The molecule has 2 rings (SSSR count). The van der Waals surface area contributed by atoms with E-state index >= 15 is 0 Å². The number of hydrogen-bond donors (Lipinski definition) is 0. The summed E-state index contributed by atoms with van der Waals surface area (Å²) in [6.07, 6.45) is 0.418. The summed E-state index contributed by atoms with van der Waals surface area (Å²) >= 11 is 1.49. The quantitative estimate of drug-likeness (QED) is 0.850. The Hall–Kier alpha value is -1.68. The standard InChI is InChI=1S/C14H16N2OS/c1-10-6-4-5-7-12(10)8-13(17)16(3)14-15-11(2)9-18-14/h4-7,9H,8H2,1-3H3. The van der Waals surface area contributed by atoms with Gasteiger partial charge in [0.15, 0.2) is 5.13 Å². The van der Waals surface area contributed by atoms with Crippen molar-refractivity contribution >= 4 is 22.4 Å². The third-order valence-electron chi connectivity index (χ3n) is 2.87. The van der Waals surface area contributed by atoms with Crippen molar-refractivity contribution in [3.05, 3.63) is 46.5 Å². The molecule has 3 nitrogen and oxygen atoms in total. The molecule has 1 heterocycles. The van der Waals surface area contributed by atoms with Crippen LogP contribution in [0.1, 0.15) is 16.8 Å². The first-order valence-electron chi connectivity index (χ1n) is 5.81. The number of aromatic nitrogens is 1. The zero-order chi connectivity index (χ0) is 13.1. The van der Waals surface area contributed by atoms with Gasteiger partial charge >= 0.3 is 0 Å². The first-order chi connectivity index (χ1) is 8.58. The van der Waals surface area contributed by atoms with E-state index in [9.17, 15) is 4.79 Å². The van der Waals surface area contributed by atoms with Gasteiger partial charge in [-0.1, -0.05) is 24.3 Å². The second kappa shape index (κ2) is 5.31. The van der Waals surface area contributed by atoms with Crippen LogP contribution >= 0.6 is 11.3 Å². The summed E-state index contributed by atoms with van der Waals surface area (Å²) < 4.78 is 0. The SMILES string of the molecule is Cc1csc(N(C)C(=O)Cc2ccccc2C)n1. The molecule has 0 spiro atoms. The Kier molecular flexibility index (Phi) is 3.77. The van der Waals surface area contributed by atoms with Crippen LogP contribution in [0.15, 0.2) is 29.6 Å². The Morgan fingerprint density at radius 1 is 1.33 bits per heavy atom. The number of thiazole rings is 1. The summed E-state index contributed by atoms with van der Waals surface area (Å²) in [5, 5.41) is 2.71. The van der Waals surface area contributed by atoms with Crippen molar-refractivity contribution in [1.82, 2.24) is 4.98 Å². The number of likely N-dealkylation sites (N-methyl/N-ethyl adjacent to an activating group) is 1. The molecule has 0 saturated carbocycles. The van der Waals surface area contributed by atoms with Gasteiger partial charge in [-0.15, -0.1) is 11.3 Å². The lowest BCUT2D eigenvalue weighted by molar-refractivity contribution is -0.117. The van der Waals surface area contributed by atoms with E-state index in [-0.39, 0.29) is 5.91 Å². The van der Waals surface area contributed by atoms with Gasteiger partial charge in [0.2, 0.25) is 5.91 Å². The highest BCUT2D eigenvalue weighted by molar-refractivity contribution is 7.14. The largest absolute Gasteiger partial charge is 0.291 e. The van der Waals surface area contributed by atoms with E-state index in [1.807, 2.05) is 43.5 Å². The minimum absolute atomic E-state index is 0.0682. The molecule has 18 heavy (non-hydrogen) atoms. The van der Waals surface area contributed by atoms with Gasteiger partial charge in [-0.2, -0.15) is 0 Å². The topological polar surface area (TPSA) is 33.2 Å². The van der Waals surface area contributed by atoms with Crippen molar-refractivity contribution in [2.45, 2.75) is 20.3 Å². The lowest BCUT2D eigenvalue weighted by atomic mass is 10.1. The molecule has 0 fully saturated rings. The van der Waals surface area contributed by atoms with Crippen LogP contribution < -0.4 is 4.90 Å². The molecule has 0 aliphatic carbocycles. The molecule has 94 valence electrons. The molecule has 1 amide bonds. The molecule has 0 aliphatic heterocycles. The molecule has 0 unspecified atom stereocenters. The fourth-order valence-electron chi connectivity index (χ4n) is 1.69. The van der Waals surface area contributed by atoms with Crippen molar-refractivity contribution < 1.29 is 4.79 Å². The molecule has 2 aromatic rings. The van der Waals surface area contributed by atoms with Crippen molar-refractivity contribution in [2.75, 3.05) is 11.9 Å². The van der Waals surface area contributed by atoms with E-state index in [2.05, 4.69) is 4.98 Å². The highest BCUT2D eigenvalue weighted by Gasteiger charge is 2.15. The summed E-state index contributed by atoms with van der Waals surface area (Å²) in [5.41, 5.74) is 3.17. The van der Waals surface area contributed by atoms with Crippen LogP contribution in [0.5, 0.6) is 0 Å². The average molecular weight is 260 g/mol. The lowest BCUT2D eigenvalue weighted by Gasteiger charge is -2.14. The monoisotopic (exact) mass is 260 g/mol. The smallest absolute Gasteiger partial charge is 0.232 e. The van der Waals surface area contributed by atoms with Gasteiger partial charge in [0.1, 0.15) is 0 Å². The lowest BCUT2D eigenvalue weighted by Crippen LogP contribution is -2.27. The molecule has 4 heteroatoms. The second-order valence-electron chi connectivity index (χ2n) is 4.33. The van der Waals surface area contributed by atoms with Crippen molar-refractivity contribution in [3.63, 3.8) is 0 Å². The first-order valence-corrected chi connectivity index (χ1v) is 6.69. The van der Waals surface area contributed by atoms with Crippen LogP contribution in [0.2, 0.25) is 0 Å². The van der Waals surface area contributed by atoms with Gasteiger partial charge in [0.05, 0.1) is 12.1 Å². The first kappa shape index (κ1) is 12.8. The Labute approximate surface area is 111 Å². The zero-order valence-electron chi connectivity index (χ0n) is 10.8. The number of hydrogen-bond acceptors (Lipinski definition) is 3. The molecular weight excluding hydrogens is 244 g/mol. The molecule has 1 aromatic carbocycles. The summed E-state index contributed by atoms with van der Waals surface area (Å²) in [4.78, 5) is 18.1. The maximum absolute atomic E-state index is 12.2. The number of anilines is 1. The molecule has 0 saturated heterocycles. The number of nitrogens with zero attached hydrogens (tertiary/aromatic N) is 2. The van der Waals surface area contributed by atoms with Crippen LogP contribution in [0.25, 0.3) is 0 Å². The predicted octanol–water partition coefficient (Wildman–Crippen LogP) is 2.97. The maximum atomic E-state index is 12.2. The van der Waals surface area contributed by atoms with Gasteiger partial charge < -0.3 is 0 Å². The molecule has 0 aliphatic rings. The van der Waals surface area contributed by atoms with Gasteiger partial charge in [0, 0.05) is 12.4 Å². The Bertz CT molecular complexity index is 562. The van der Waals surface area contributed by atoms with Crippen molar-refractivity contribution in [3.8, 4) is 0 Å². The van der Waals surface area contributed by atoms with Crippen LogP contribution in [0.4, 0.5) is 5.13 Å². The average Bonchev–Trinajstić information content (AvgIpc) is 2.78. The van der Waals surface area contributed by atoms with Crippen LogP contribution in [-0.4, -0.2) is 17.9 Å². The summed E-state index contributed by atoms with van der Waals surface area (Å²) in [6.45, 7) is 3.95. The van der Waals surface area contributed by atoms with E-state index in [0.717, 1.165) is 22.0 Å². The number of amides is 1. The summed E-state index contributed by atoms with van der Waals surface area (Å²) in [5.74, 6) is 0.0682.